The maximum Gasteiger partial charge on any atom is 0.0640 e. The van der Waals surface area contributed by atoms with E-state index in [0.717, 1.165) is 31.6 Å². The van der Waals surface area contributed by atoms with Crippen LogP contribution >= 0.6 is 23.2 Å². The van der Waals surface area contributed by atoms with Gasteiger partial charge in [-0.1, -0.05) is 49.2 Å². The van der Waals surface area contributed by atoms with Gasteiger partial charge in [0.2, 0.25) is 0 Å². The van der Waals surface area contributed by atoms with Crippen molar-refractivity contribution in [1.82, 2.24) is 4.90 Å². The van der Waals surface area contributed by atoms with Gasteiger partial charge in [0.15, 0.2) is 0 Å². The lowest BCUT2D eigenvalue weighted by Gasteiger charge is -2.23. The van der Waals surface area contributed by atoms with Crippen LogP contribution in [-0.4, -0.2) is 24.5 Å². The van der Waals surface area contributed by atoms with Crippen LogP contribution in [0.15, 0.2) is 18.2 Å². The second-order valence-corrected chi connectivity index (χ2v) is 5.67. The molecule has 4 heteroatoms. The predicted molar refractivity (Wildman–Crippen MR) is 85.0 cm³/mol. The van der Waals surface area contributed by atoms with E-state index in [-0.39, 0.29) is 6.04 Å². The van der Waals surface area contributed by atoms with Gasteiger partial charge in [-0.25, -0.2) is 0 Å². The number of nitrogens with zero attached hydrogens (tertiary/aromatic N) is 1. The molecule has 0 heterocycles. The number of nitrogens with two attached hydrogens (primary N) is 1. The second-order valence-electron chi connectivity index (χ2n) is 4.88. The summed E-state index contributed by atoms with van der Waals surface area (Å²) in [5, 5.41) is 1.17. The number of hydrogen-bond acceptors (Lipinski definition) is 2. The highest BCUT2D eigenvalue weighted by molar-refractivity contribution is 6.42. The summed E-state index contributed by atoms with van der Waals surface area (Å²) in [7, 11) is 0. The van der Waals surface area contributed by atoms with Crippen molar-refractivity contribution in [3.05, 3.63) is 33.8 Å². The van der Waals surface area contributed by atoms with E-state index in [4.69, 9.17) is 28.9 Å². The normalized spacial score (nSPS) is 12.9. The van der Waals surface area contributed by atoms with Crippen LogP contribution in [-0.2, 0) is 0 Å². The van der Waals surface area contributed by atoms with E-state index in [1.165, 1.54) is 12.8 Å². The van der Waals surface area contributed by atoms with Gasteiger partial charge in [-0.15, -0.1) is 0 Å². The molecular weight excluding hydrogens is 279 g/mol. The van der Waals surface area contributed by atoms with Crippen molar-refractivity contribution in [3.8, 4) is 0 Å². The third kappa shape index (κ3) is 5.31. The minimum absolute atomic E-state index is 0.0533. The van der Waals surface area contributed by atoms with Gasteiger partial charge >= 0.3 is 0 Å². The molecule has 1 aromatic carbocycles. The van der Waals surface area contributed by atoms with Crippen LogP contribution in [0.25, 0.3) is 0 Å². The average Bonchev–Trinajstić information content (AvgIpc) is 2.39. The Morgan fingerprint density at radius 2 is 1.74 bits per heavy atom. The van der Waals surface area contributed by atoms with Crippen LogP contribution in [0, 0.1) is 0 Å². The molecule has 0 aliphatic carbocycles. The van der Waals surface area contributed by atoms with Crippen LogP contribution in [0.2, 0.25) is 10.0 Å². The van der Waals surface area contributed by atoms with Crippen molar-refractivity contribution in [3.63, 3.8) is 0 Å². The molecule has 1 aromatic rings. The van der Waals surface area contributed by atoms with Crippen molar-refractivity contribution in [2.45, 2.75) is 39.2 Å². The summed E-state index contributed by atoms with van der Waals surface area (Å²) in [6, 6.07) is 5.60. The van der Waals surface area contributed by atoms with Gasteiger partial charge in [0.05, 0.1) is 10.0 Å². The number of rotatable bonds is 8. The Kier molecular flexibility index (Phi) is 7.77. The SMILES string of the molecule is CCCN(CCC)CCC(N)c1cccc(Cl)c1Cl. The van der Waals surface area contributed by atoms with E-state index < -0.39 is 0 Å². The molecule has 108 valence electrons. The molecule has 0 aliphatic rings. The average molecular weight is 303 g/mol. The number of benzene rings is 1. The summed E-state index contributed by atoms with van der Waals surface area (Å²) in [6.07, 6.45) is 3.25. The summed E-state index contributed by atoms with van der Waals surface area (Å²) >= 11 is 12.2. The van der Waals surface area contributed by atoms with E-state index in [2.05, 4.69) is 18.7 Å². The lowest BCUT2D eigenvalue weighted by molar-refractivity contribution is 0.264. The van der Waals surface area contributed by atoms with Crippen molar-refractivity contribution in [2.75, 3.05) is 19.6 Å². The Morgan fingerprint density at radius 3 is 2.32 bits per heavy atom. The highest BCUT2D eigenvalue weighted by Gasteiger charge is 2.13. The molecule has 0 amide bonds. The zero-order chi connectivity index (χ0) is 14.3. The number of halogens is 2. The van der Waals surface area contributed by atoms with Crippen LogP contribution < -0.4 is 5.73 Å². The first-order chi connectivity index (χ1) is 9.10. The van der Waals surface area contributed by atoms with Gasteiger partial charge in [0, 0.05) is 6.04 Å². The van der Waals surface area contributed by atoms with Gasteiger partial charge in [-0.2, -0.15) is 0 Å². The Bertz CT molecular complexity index is 376. The fraction of sp³-hybridized carbons (Fsp3) is 0.600. The molecule has 0 bridgehead atoms. The van der Waals surface area contributed by atoms with E-state index in [1.807, 2.05) is 12.1 Å². The molecule has 0 saturated heterocycles. The zero-order valence-corrected chi connectivity index (χ0v) is 13.3. The summed E-state index contributed by atoms with van der Waals surface area (Å²) in [5.74, 6) is 0. The van der Waals surface area contributed by atoms with Crippen molar-refractivity contribution in [2.24, 2.45) is 5.73 Å². The van der Waals surface area contributed by atoms with Crippen molar-refractivity contribution >= 4 is 23.2 Å². The van der Waals surface area contributed by atoms with E-state index >= 15 is 0 Å². The molecule has 0 aliphatic heterocycles. The summed E-state index contributed by atoms with van der Waals surface area (Å²) < 4.78 is 0. The molecule has 0 saturated carbocycles. The van der Waals surface area contributed by atoms with Crippen LogP contribution in [0.1, 0.15) is 44.7 Å². The van der Waals surface area contributed by atoms with E-state index in [9.17, 15) is 0 Å². The highest BCUT2D eigenvalue weighted by Crippen LogP contribution is 2.30. The maximum atomic E-state index is 6.24. The minimum atomic E-state index is -0.0533. The highest BCUT2D eigenvalue weighted by atomic mass is 35.5. The molecule has 2 N–H and O–H groups in total. The fourth-order valence-corrected chi connectivity index (χ4v) is 2.70. The standard InChI is InChI=1S/C15H24Cl2N2/c1-3-9-19(10-4-2)11-8-14(18)12-6-5-7-13(16)15(12)17/h5-7,14H,3-4,8-11,18H2,1-2H3. The summed E-state index contributed by atoms with van der Waals surface area (Å²) in [5.41, 5.74) is 7.18. The molecule has 1 unspecified atom stereocenters. The van der Waals surface area contributed by atoms with Crippen LogP contribution in [0.4, 0.5) is 0 Å². The molecule has 1 atom stereocenters. The van der Waals surface area contributed by atoms with Gasteiger partial charge in [-0.3, -0.25) is 0 Å². The third-order valence-electron chi connectivity index (χ3n) is 3.22. The monoisotopic (exact) mass is 302 g/mol. The Morgan fingerprint density at radius 1 is 1.11 bits per heavy atom. The van der Waals surface area contributed by atoms with Gasteiger partial charge < -0.3 is 10.6 Å². The molecule has 0 radical (unpaired) electrons. The van der Waals surface area contributed by atoms with E-state index in [1.54, 1.807) is 6.07 Å². The molecule has 2 nitrogen and oxygen atoms in total. The van der Waals surface area contributed by atoms with Gasteiger partial charge in [0.1, 0.15) is 0 Å². The summed E-state index contributed by atoms with van der Waals surface area (Å²) in [4.78, 5) is 2.46. The fourth-order valence-electron chi connectivity index (χ4n) is 2.25. The van der Waals surface area contributed by atoms with Crippen LogP contribution in [0.3, 0.4) is 0 Å². The first-order valence-electron chi connectivity index (χ1n) is 7.02. The Hall–Kier alpha value is -0.280. The second kappa shape index (κ2) is 8.80. The quantitative estimate of drug-likeness (QED) is 0.766. The first kappa shape index (κ1) is 16.8. The first-order valence-corrected chi connectivity index (χ1v) is 7.77. The van der Waals surface area contributed by atoms with Gasteiger partial charge in [-0.05, 0) is 50.5 Å². The lowest BCUT2D eigenvalue weighted by atomic mass is 10.0. The Balaban J connectivity index is 2.58. The zero-order valence-electron chi connectivity index (χ0n) is 11.8. The summed E-state index contributed by atoms with van der Waals surface area (Å²) in [6.45, 7) is 7.67. The minimum Gasteiger partial charge on any atom is -0.324 e. The molecule has 0 fully saturated rings. The van der Waals surface area contributed by atoms with Crippen LogP contribution in [0.5, 0.6) is 0 Å². The Labute approximate surface area is 126 Å². The lowest BCUT2D eigenvalue weighted by Crippen LogP contribution is -2.29. The van der Waals surface area contributed by atoms with Gasteiger partial charge in [0.25, 0.3) is 0 Å². The molecular formula is C15H24Cl2N2. The van der Waals surface area contributed by atoms with Crippen molar-refractivity contribution in [1.29, 1.82) is 0 Å². The van der Waals surface area contributed by atoms with E-state index in [0.29, 0.717) is 10.0 Å². The molecule has 19 heavy (non-hydrogen) atoms. The van der Waals surface area contributed by atoms with Crippen molar-refractivity contribution < 1.29 is 0 Å². The third-order valence-corrected chi connectivity index (χ3v) is 4.05. The largest absolute Gasteiger partial charge is 0.324 e. The number of hydrogen-bond donors (Lipinski definition) is 1. The molecule has 0 spiro atoms. The maximum absolute atomic E-state index is 6.24. The topological polar surface area (TPSA) is 29.3 Å². The molecule has 0 aromatic heterocycles. The molecule has 1 rings (SSSR count). The predicted octanol–water partition coefficient (Wildman–Crippen LogP) is 4.51. The smallest absolute Gasteiger partial charge is 0.0640 e.